The van der Waals surface area contributed by atoms with E-state index in [9.17, 15) is 0 Å². The van der Waals surface area contributed by atoms with Crippen molar-refractivity contribution in [3.05, 3.63) is 29.8 Å². The lowest BCUT2D eigenvalue weighted by atomic mass is 9.77. The van der Waals surface area contributed by atoms with Gasteiger partial charge in [0, 0.05) is 17.8 Å². The van der Waals surface area contributed by atoms with E-state index in [1.54, 1.807) is 0 Å². The lowest BCUT2D eigenvalue weighted by molar-refractivity contribution is 0.217. The minimum absolute atomic E-state index is 0.654. The van der Waals surface area contributed by atoms with Crippen molar-refractivity contribution in [2.24, 2.45) is 5.92 Å². The molecule has 1 heterocycles. The molecule has 1 saturated carbocycles. The van der Waals surface area contributed by atoms with Crippen LogP contribution in [0.4, 0.5) is 5.69 Å². The van der Waals surface area contributed by atoms with Crippen LogP contribution in [0.2, 0.25) is 0 Å². The van der Waals surface area contributed by atoms with E-state index in [-0.39, 0.29) is 0 Å². The highest BCUT2D eigenvalue weighted by atomic mass is 15.0. The Labute approximate surface area is 129 Å². The maximum Gasteiger partial charge on any atom is 0.0342 e. The largest absolute Gasteiger partial charge is 0.382 e. The highest BCUT2D eigenvalue weighted by Gasteiger charge is 2.32. The molecule has 0 bridgehead atoms. The van der Waals surface area contributed by atoms with Gasteiger partial charge in [0.1, 0.15) is 0 Å². The number of piperidine rings is 1. The highest BCUT2D eigenvalue weighted by Crippen LogP contribution is 2.32. The molecule has 1 saturated heterocycles. The Kier molecular flexibility index (Phi) is 5.18. The van der Waals surface area contributed by atoms with Gasteiger partial charge in [0.25, 0.3) is 0 Å². The Morgan fingerprint density at radius 3 is 2.48 bits per heavy atom. The maximum atomic E-state index is 3.84. The Morgan fingerprint density at radius 2 is 1.76 bits per heavy atom. The smallest absolute Gasteiger partial charge is 0.0342 e. The van der Waals surface area contributed by atoms with Crippen LogP contribution in [0, 0.1) is 5.92 Å². The molecule has 1 aromatic carbocycles. The number of hydrogen-bond donors (Lipinski definition) is 2. The van der Waals surface area contributed by atoms with E-state index in [1.165, 1.54) is 62.7 Å². The number of benzene rings is 1. The standard InChI is InChI=1S/C19H30N2/c1-2-15-10-12-16(13-11-15)21-19-9-4-3-7-17(19)18-8-5-6-14-20-18/h10-13,17-21H,2-9,14H2,1H3. The quantitative estimate of drug-likeness (QED) is 0.859. The molecule has 1 aliphatic heterocycles. The van der Waals surface area contributed by atoms with Crippen molar-refractivity contribution in [2.75, 3.05) is 11.9 Å². The van der Waals surface area contributed by atoms with Crippen LogP contribution in [0.1, 0.15) is 57.4 Å². The molecule has 21 heavy (non-hydrogen) atoms. The normalized spacial score (nSPS) is 30.0. The summed E-state index contributed by atoms with van der Waals surface area (Å²) in [4.78, 5) is 0. The molecule has 1 aromatic rings. The van der Waals surface area contributed by atoms with Crippen LogP contribution >= 0.6 is 0 Å². The van der Waals surface area contributed by atoms with Crippen LogP contribution in [0.3, 0.4) is 0 Å². The van der Waals surface area contributed by atoms with Crippen molar-refractivity contribution >= 4 is 5.69 Å². The van der Waals surface area contributed by atoms with Gasteiger partial charge in [-0.1, -0.05) is 38.3 Å². The summed E-state index contributed by atoms with van der Waals surface area (Å²) in [7, 11) is 0. The van der Waals surface area contributed by atoms with E-state index in [4.69, 9.17) is 0 Å². The van der Waals surface area contributed by atoms with E-state index in [0.717, 1.165) is 18.4 Å². The summed E-state index contributed by atoms with van der Waals surface area (Å²) in [6, 6.07) is 10.4. The van der Waals surface area contributed by atoms with Crippen molar-refractivity contribution in [1.82, 2.24) is 5.32 Å². The Morgan fingerprint density at radius 1 is 1.00 bits per heavy atom. The first-order valence-corrected chi connectivity index (χ1v) is 8.95. The van der Waals surface area contributed by atoms with Gasteiger partial charge in [-0.15, -0.1) is 0 Å². The van der Waals surface area contributed by atoms with Gasteiger partial charge in [-0.3, -0.25) is 0 Å². The van der Waals surface area contributed by atoms with Gasteiger partial charge in [0.05, 0.1) is 0 Å². The number of aryl methyl sites for hydroxylation is 1. The monoisotopic (exact) mass is 286 g/mol. The third kappa shape index (κ3) is 3.79. The average molecular weight is 286 g/mol. The highest BCUT2D eigenvalue weighted by molar-refractivity contribution is 5.45. The van der Waals surface area contributed by atoms with Gasteiger partial charge >= 0.3 is 0 Å². The molecule has 2 fully saturated rings. The lowest BCUT2D eigenvalue weighted by Crippen LogP contribution is -2.48. The fourth-order valence-corrected chi connectivity index (χ4v) is 4.12. The van der Waals surface area contributed by atoms with Crippen LogP contribution in [-0.4, -0.2) is 18.6 Å². The van der Waals surface area contributed by atoms with Gasteiger partial charge in [0.2, 0.25) is 0 Å². The van der Waals surface area contributed by atoms with Crippen molar-refractivity contribution in [3.8, 4) is 0 Å². The summed E-state index contributed by atoms with van der Waals surface area (Å²) < 4.78 is 0. The van der Waals surface area contributed by atoms with Gasteiger partial charge in [-0.05, 0) is 62.3 Å². The first-order valence-electron chi connectivity index (χ1n) is 8.95. The fourth-order valence-electron chi connectivity index (χ4n) is 4.12. The van der Waals surface area contributed by atoms with Gasteiger partial charge in [-0.25, -0.2) is 0 Å². The molecule has 1 aliphatic carbocycles. The van der Waals surface area contributed by atoms with Crippen LogP contribution < -0.4 is 10.6 Å². The molecule has 3 rings (SSSR count). The van der Waals surface area contributed by atoms with E-state index < -0.39 is 0 Å². The first-order chi connectivity index (χ1) is 10.4. The molecule has 2 heteroatoms. The molecule has 2 N–H and O–H groups in total. The number of anilines is 1. The molecule has 116 valence electrons. The van der Waals surface area contributed by atoms with Crippen molar-refractivity contribution in [2.45, 2.75) is 70.4 Å². The number of rotatable bonds is 4. The summed E-state index contributed by atoms with van der Waals surface area (Å²) >= 11 is 0. The van der Waals surface area contributed by atoms with Crippen LogP contribution in [0.5, 0.6) is 0 Å². The fraction of sp³-hybridized carbons (Fsp3) is 0.684. The molecule has 2 aliphatic rings. The third-order valence-corrected chi connectivity index (χ3v) is 5.40. The minimum Gasteiger partial charge on any atom is -0.382 e. The Bertz CT molecular complexity index is 420. The Hall–Kier alpha value is -1.02. The van der Waals surface area contributed by atoms with Crippen molar-refractivity contribution in [1.29, 1.82) is 0 Å². The van der Waals surface area contributed by atoms with Crippen LogP contribution in [0.15, 0.2) is 24.3 Å². The Balaban J connectivity index is 1.65. The zero-order chi connectivity index (χ0) is 14.5. The van der Waals surface area contributed by atoms with Crippen LogP contribution in [-0.2, 0) is 6.42 Å². The van der Waals surface area contributed by atoms with E-state index in [1.807, 2.05) is 0 Å². The second-order valence-corrected chi connectivity index (χ2v) is 6.81. The summed E-state index contributed by atoms with van der Waals surface area (Å²) in [6.07, 6.45) is 10.8. The molecule has 3 atom stereocenters. The summed E-state index contributed by atoms with van der Waals surface area (Å²) in [6.45, 7) is 3.44. The zero-order valence-electron chi connectivity index (χ0n) is 13.4. The average Bonchev–Trinajstić information content (AvgIpc) is 2.57. The molecule has 0 amide bonds. The second-order valence-electron chi connectivity index (χ2n) is 6.81. The van der Waals surface area contributed by atoms with E-state index in [0.29, 0.717) is 6.04 Å². The first kappa shape index (κ1) is 14.9. The molecule has 2 nitrogen and oxygen atoms in total. The van der Waals surface area contributed by atoms with Gasteiger partial charge in [0.15, 0.2) is 0 Å². The van der Waals surface area contributed by atoms with Crippen molar-refractivity contribution < 1.29 is 0 Å². The van der Waals surface area contributed by atoms with E-state index >= 15 is 0 Å². The molecule has 0 aromatic heterocycles. The lowest BCUT2D eigenvalue weighted by Gasteiger charge is -2.40. The SMILES string of the molecule is CCc1ccc(NC2CCCCC2C2CCCCN2)cc1. The van der Waals surface area contributed by atoms with Crippen molar-refractivity contribution in [3.63, 3.8) is 0 Å². The van der Waals surface area contributed by atoms with E-state index in [2.05, 4.69) is 41.8 Å². The maximum absolute atomic E-state index is 3.84. The molecule has 0 radical (unpaired) electrons. The molecule has 0 spiro atoms. The predicted octanol–water partition coefficient (Wildman–Crippen LogP) is 4.36. The molecular formula is C19H30N2. The summed E-state index contributed by atoms with van der Waals surface area (Å²) in [5.41, 5.74) is 2.73. The number of nitrogens with one attached hydrogen (secondary N) is 2. The predicted molar refractivity (Wildman–Crippen MR) is 90.8 cm³/mol. The molecule has 3 unspecified atom stereocenters. The summed E-state index contributed by atoms with van der Waals surface area (Å²) in [5, 5.41) is 7.62. The van der Waals surface area contributed by atoms with Crippen LogP contribution in [0.25, 0.3) is 0 Å². The third-order valence-electron chi connectivity index (χ3n) is 5.40. The second kappa shape index (κ2) is 7.31. The van der Waals surface area contributed by atoms with Gasteiger partial charge in [-0.2, -0.15) is 0 Å². The number of hydrogen-bond acceptors (Lipinski definition) is 2. The topological polar surface area (TPSA) is 24.1 Å². The minimum atomic E-state index is 0.654. The van der Waals surface area contributed by atoms with Gasteiger partial charge < -0.3 is 10.6 Å². The summed E-state index contributed by atoms with van der Waals surface area (Å²) in [5.74, 6) is 0.810. The zero-order valence-corrected chi connectivity index (χ0v) is 13.4. The molecular weight excluding hydrogens is 256 g/mol.